The molecule has 1 aromatic carbocycles. The molecule has 112 valence electrons. The minimum atomic E-state index is -3.63. The van der Waals surface area contributed by atoms with E-state index < -0.39 is 16.6 Å². The van der Waals surface area contributed by atoms with Gasteiger partial charge >= 0.3 is 6.61 Å². The molecule has 1 fully saturated rings. The van der Waals surface area contributed by atoms with Crippen molar-refractivity contribution < 1.29 is 21.9 Å². The van der Waals surface area contributed by atoms with Crippen LogP contribution < -0.4 is 10.5 Å². The molecule has 1 aliphatic rings. The predicted octanol–water partition coefficient (Wildman–Crippen LogP) is 1.40. The maximum atomic E-state index is 12.3. The van der Waals surface area contributed by atoms with Crippen molar-refractivity contribution in [3.05, 3.63) is 24.3 Å². The number of sulfonamides is 1. The van der Waals surface area contributed by atoms with Gasteiger partial charge in [-0.25, -0.2) is 8.42 Å². The van der Waals surface area contributed by atoms with E-state index in [4.69, 9.17) is 5.73 Å². The molecule has 1 atom stereocenters. The SMILES string of the molecule is N[C@H]1CCCN(S(=O)(=O)c2ccc(OC(F)F)cc2)C1. The molecule has 0 amide bonds. The zero-order valence-electron chi connectivity index (χ0n) is 10.7. The van der Waals surface area contributed by atoms with E-state index in [-0.39, 0.29) is 23.2 Å². The lowest BCUT2D eigenvalue weighted by molar-refractivity contribution is -0.0498. The van der Waals surface area contributed by atoms with E-state index in [9.17, 15) is 17.2 Å². The first-order valence-electron chi connectivity index (χ1n) is 6.20. The van der Waals surface area contributed by atoms with E-state index in [0.29, 0.717) is 13.0 Å². The van der Waals surface area contributed by atoms with Crippen LogP contribution in [0.15, 0.2) is 29.2 Å². The Hall–Kier alpha value is -1.25. The lowest BCUT2D eigenvalue weighted by Gasteiger charge is -2.29. The van der Waals surface area contributed by atoms with Crippen molar-refractivity contribution in [3.8, 4) is 5.75 Å². The summed E-state index contributed by atoms with van der Waals surface area (Å²) in [5.41, 5.74) is 5.77. The van der Waals surface area contributed by atoms with Crippen molar-refractivity contribution in [1.29, 1.82) is 0 Å². The van der Waals surface area contributed by atoms with Gasteiger partial charge in [-0.15, -0.1) is 0 Å². The van der Waals surface area contributed by atoms with Crippen LogP contribution in [0.3, 0.4) is 0 Å². The average molecular weight is 306 g/mol. The number of hydrogen-bond acceptors (Lipinski definition) is 4. The Morgan fingerprint density at radius 1 is 1.30 bits per heavy atom. The van der Waals surface area contributed by atoms with E-state index in [1.165, 1.54) is 28.6 Å². The number of halogens is 2. The monoisotopic (exact) mass is 306 g/mol. The smallest absolute Gasteiger partial charge is 0.387 e. The summed E-state index contributed by atoms with van der Waals surface area (Å²) in [7, 11) is -3.63. The second-order valence-corrected chi connectivity index (χ2v) is 6.55. The minimum absolute atomic E-state index is 0.0493. The Kier molecular flexibility index (Phi) is 4.56. The number of rotatable bonds is 4. The fourth-order valence-corrected chi connectivity index (χ4v) is 3.67. The topological polar surface area (TPSA) is 72.6 Å². The third kappa shape index (κ3) is 3.44. The Labute approximate surface area is 116 Å². The summed E-state index contributed by atoms with van der Waals surface area (Å²) in [6.07, 6.45) is 1.51. The largest absolute Gasteiger partial charge is 0.435 e. The normalized spacial score (nSPS) is 21.1. The first-order valence-corrected chi connectivity index (χ1v) is 7.64. The average Bonchev–Trinajstić information content (AvgIpc) is 2.38. The molecule has 0 spiro atoms. The standard InChI is InChI=1S/C12H16F2N2O3S/c13-12(14)19-10-3-5-11(6-4-10)20(17,18)16-7-1-2-9(15)8-16/h3-6,9,12H,1-2,7-8,15H2/t9-/m0/s1. The first kappa shape index (κ1) is 15.1. The van der Waals surface area contributed by atoms with Crippen molar-refractivity contribution in [2.45, 2.75) is 30.4 Å². The zero-order chi connectivity index (χ0) is 14.8. The van der Waals surface area contributed by atoms with E-state index in [0.717, 1.165) is 6.42 Å². The van der Waals surface area contributed by atoms with Gasteiger partial charge < -0.3 is 10.5 Å². The van der Waals surface area contributed by atoms with Gasteiger partial charge in [0.05, 0.1) is 4.90 Å². The molecular weight excluding hydrogens is 290 g/mol. The van der Waals surface area contributed by atoms with Gasteiger partial charge in [-0.3, -0.25) is 0 Å². The third-order valence-corrected chi connectivity index (χ3v) is 4.99. The van der Waals surface area contributed by atoms with Crippen molar-refractivity contribution in [2.24, 2.45) is 5.73 Å². The van der Waals surface area contributed by atoms with Crippen LogP contribution in [-0.4, -0.2) is 38.5 Å². The van der Waals surface area contributed by atoms with Crippen LogP contribution in [0.25, 0.3) is 0 Å². The maximum absolute atomic E-state index is 12.3. The second kappa shape index (κ2) is 6.02. The van der Waals surface area contributed by atoms with E-state index >= 15 is 0 Å². The van der Waals surface area contributed by atoms with Crippen LogP contribution in [0.1, 0.15) is 12.8 Å². The molecule has 0 saturated carbocycles. The van der Waals surface area contributed by atoms with E-state index in [1.54, 1.807) is 0 Å². The molecule has 0 unspecified atom stereocenters. The second-order valence-electron chi connectivity index (χ2n) is 4.62. The summed E-state index contributed by atoms with van der Waals surface area (Å²) in [6, 6.07) is 4.77. The Morgan fingerprint density at radius 2 is 1.95 bits per heavy atom. The van der Waals surface area contributed by atoms with Crippen molar-refractivity contribution >= 4 is 10.0 Å². The molecule has 5 nitrogen and oxygen atoms in total. The number of nitrogens with two attached hydrogens (primary N) is 1. The van der Waals surface area contributed by atoms with Crippen LogP contribution in [-0.2, 0) is 10.0 Å². The fourth-order valence-electron chi connectivity index (χ4n) is 2.13. The summed E-state index contributed by atoms with van der Waals surface area (Å²) in [4.78, 5) is 0.0493. The van der Waals surface area contributed by atoms with Gasteiger partial charge in [0.2, 0.25) is 10.0 Å². The predicted molar refractivity (Wildman–Crippen MR) is 69.0 cm³/mol. The molecule has 2 N–H and O–H groups in total. The molecule has 1 saturated heterocycles. The number of nitrogens with zero attached hydrogens (tertiary/aromatic N) is 1. The molecule has 20 heavy (non-hydrogen) atoms. The molecular formula is C12H16F2N2O3S. The molecule has 1 aliphatic heterocycles. The molecule has 8 heteroatoms. The number of alkyl halides is 2. The Morgan fingerprint density at radius 3 is 2.50 bits per heavy atom. The number of hydrogen-bond donors (Lipinski definition) is 1. The molecule has 0 bridgehead atoms. The van der Waals surface area contributed by atoms with Crippen LogP contribution >= 0.6 is 0 Å². The van der Waals surface area contributed by atoms with Gasteiger partial charge in [0.25, 0.3) is 0 Å². The highest BCUT2D eigenvalue weighted by Gasteiger charge is 2.28. The van der Waals surface area contributed by atoms with Gasteiger partial charge in [-0.1, -0.05) is 0 Å². The third-order valence-electron chi connectivity index (χ3n) is 3.11. The lowest BCUT2D eigenvalue weighted by atomic mass is 10.1. The summed E-state index contributed by atoms with van der Waals surface area (Å²) < 4.78 is 54.3. The molecule has 2 rings (SSSR count). The Balaban J connectivity index is 2.17. The van der Waals surface area contributed by atoms with Gasteiger partial charge in [-0.05, 0) is 37.1 Å². The highest BCUT2D eigenvalue weighted by molar-refractivity contribution is 7.89. The maximum Gasteiger partial charge on any atom is 0.387 e. The molecule has 0 radical (unpaired) electrons. The molecule has 1 heterocycles. The minimum Gasteiger partial charge on any atom is -0.435 e. The fraction of sp³-hybridized carbons (Fsp3) is 0.500. The number of piperidine rings is 1. The van der Waals surface area contributed by atoms with Crippen LogP contribution in [0, 0.1) is 0 Å². The quantitative estimate of drug-likeness (QED) is 0.912. The highest BCUT2D eigenvalue weighted by atomic mass is 32.2. The van der Waals surface area contributed by atoms with E-state index in [1.807, 2.05) is 0 Å². The van der Waals surface area contributed by atoms with Crippen molar-refractivity contribution in [3.63, 3.8) is 0 Å². The van der Waals surface area contributed by atoms with Crippen molar-refractivity contribution in [2.75, 3.05) is 13.1 Å². The number of ether oxygens (including phenoxy) is 1. The van der Waals surface area contributed by atoms with Crippen LogP contribution in [0.2, 0.25) is 0 Å². The summed E-state index contributed by atoms with van der Waals surface area (Å²) in [5.74, 6) is -0.0747. The van der Waals surface area contributed by atoms with E-state index in [2.05, 4.69) is 4.74 Å². The molecule has 0 aliphatic carbocycles. The Bertz CT molecular complexity index is 548. The molecule has 1 aromatic rings. The van der Waals surface area contributed by atoms with Gasteiger partial charge in [0.1, 0.15) is 5.75 Å². The van der Waals surface area contributed by atoms with Crippen LogP contribution in [0.4, 0.5) is 8.78 Å². The van der Waals surface area contributed by atoms with Gasteiger partial charge in [0.15, 0.2) is 0 Å². The lowest BCUT2D eigenvalue weighted by Crippen LogP contribution is -2.45. The number of benzene rings is 1. The van der Waals surface area contributed by atoms with Crippen molar-refractivity contribution in [1.82, 2.24) is 4.31 Å². The van der Waals surface area contributed by atoms with Gasteiger partial charge in [-0.2, -0.15) is 13.1 Å². The molecule has 0 aromatic heterocycles. The summed E-state index contributed by atoms with van der Waals surface area (Å²) in [5, 5.41) is 0. The van der Waals surface area contributed by atoms with Gasteiger partial charge in [0, 0.05) is 19.1 Å². The van der Waals surface area contributed by atoms with Crippen LogP contribution in [0.5, 0.6) is 5.75 Å². The zero-order valence-corrected chi connectivity index (χ0v) is 11.5. The highest BCUT2D eigenvalue weighted by Crippen LogP contribution is 2.23. The first-order chi connectivity index (χ1) is 9.39. The summed E-state index contributed by atoms with van der Waals surface area (Å²) >= 11 is 0. The summed E-state index contributed by atoms with van der Waals surface area (Å²) in [6.45, 7) is -2.24.